The Morgan fingerprint density at radius 3 is 2.50 bits per heavy atom. The van der Waals surface area contributed by atoms with E-state index < -0.39 is 5.54 Å². The van der Waals surface area contributed by atoms with Gasteiger partial charge < -0.3 is 10.2 Å². The monoisotopic (exact) mass is 244 g/mol. The second-order valence-electron chi connectivity index (χ2n) is 4.11. The molecule has 5 heteroatoms. The van der Waals surface area contributed by atoms with E-state index in [0.29, 0.717) is 6.42 Å². The molecule has 0 saturated heterocycles. The van der Waals surface area contributed by atoms with Gasteiger partial charge in [-0.25, -0.2) is 4.98 Å². The Labute approximate surface area is 100 Å². The SMILES string of the molecule is CCC(CO)(CO)NC(C)c1csc(C)n1. The van der Waals surface area contributed by atoms with Gasteiger partial charge in [0.2, 0.25) is 0 Å². The number of aryl methyl sites for hydroxylation is 1. The maximum atomic E-state index is 9.34. The second kappa shape index (κ2) is 5.72. The van der Waals surface area contributed by atoms with Gasteiger partial charge in [-0.05, 0) is 20.3 Å². The first-order valence-electron chi connectivity index (χ1n) is 5.48. The molecule has 1 heterocycles. The summed E-state index contributed by atoms with van der Waals surface area (Å²) in [6.07, 6.45) is 0.674. The van der Waals surface area contributed by atoms with E-state index in [1.807, 2.05) is 26.2 Å². The first-order valence-corrected chi connectivity index (χ1v) is 6.36. The van der Waals surface area contributed by atoms with E-state index in [1.54, 1.807) is 11.3 Å². The quantitative estimate of drug-likeness (QED) is 0.704. The topological polar surface area (TPSA) is 65.4 Å². The van der Waals surface area contributed by atoms with Crippen molar-refractivity contribution in [1.29, 1.82) is 0 Å². The average molecular weight is 244 g/mol. The van der Waals surface area contributed by atoms with E-state index in [9.17, 15) is 10.2 Å². The maximum absolute atomic E-state index is 9.34. The summed E-state index contributed by atoms with van der Waals surface area (Å²) in [6, 6.07) is 0.0317. The van der Waals surface area contributed by atoms with Crippen LogP contribution in [0.4, 0.5) is 0 Å². The van der Waals surface area contributed by atoms with Crippen molar-refractivity contribution in [3.8, 4) is 0 Å². The fraction of sp³-hybridized carbons (Fsp3) is 0.727. The van der Waals surface area contributed by atoms with Crippen molar-refractivity contribution in [2.45, 2.75) is 38.8 Å². The van der Waals surface area contributed by atoms with Gasteiger partial charge >= 0.3 is 0 Å². The Morgan fingerprint density at radius 1 is 1.50 bits per heavy atom. The van der Waals surface area contributed by atoms with Gasteiger partial charge in [-0.3, -0.25) is 5.32 Å². The van der Waals surface area contributed by atoms with Gasteiger partial charge in [0.15, 0.2) is 0 Å². The van der Waals surface area contributed by atoms with Crippen molar-refractivity contribution >= 4 is 11.3 Å². The van der Waals surface area contributed by atoms with Crippen LogP contribution in [-0.4, -0.2) is 33.9 Å². The predicted molar refractivity (Wildman–Crippen MR) is 65.6 cm³/mol. The van der Waals surface area contributed by atoms with Crippen LogP contribution in [0.25, 0.3) is 0 Å². The van der Waals surface area contributed by atoms with Crippen LogP contribution in [0.2, 0.25) is 0 Å². The number of nitrogens with one attached hydrogen (secondary N) is 1. The zero-order valence-corrected chi connectivity index (χ0v) is 10.8. The van der Waals surface area contributed by atoms with Crippen molar-refractivity contribution in [2.24, 2.45) is 0 Å². The molecule has 1 rings (SSSR count). The van der Waals surface area contributed by atoms with Crippen LogP contribution >= 0.6 is 11.3 Å². The fourth-order valence-electron chi connectivity index (χ4n) is 1.58. The van der Waals surface area contributed by atoms with E-state index in [-0.39, 0.29) is 19.3 Å². The molecule has 0 aliphatic heterocycles. The third-order valence-electron chi connectivity index (χ3n) is 2.89. The summed E-state index contributed by atoms with van der Waals surface area (Å²) in [5.41, 5.74) is 0.346. The minimum absolute atomic E-state index is 0.0317. The normalized spacial score (nSPS) is 14.1. The van der Waals surface area contributed by atoms with E-state index in [0.717, 1.165) is 10.7 Å². The number of aliphatic hydroxyl groups excluding tert-OH is 2. The molecule has 0 aromatic carbocycles. The molecule has 0 spiro atoms. The zero-order valence-electron chi connectivity index (χ0n) is 10.0. The molecule has 0 fully saturated rings. The molecule has 1 aromatic rings. The highest BCUT2D eigenvalue weighted by Gasteiger charge is 2.28. The lowest BCUT2D eigenvalue weighted by Crippen LogP contribution is -2.52. The molecule has 4 nitrogen and oxygen atoms in total. The van der Waals surface area contributed by atoms with Crippen LogP contribution in [0.15, 0.2) is 5.38 Å². The molecule has 1 unspecified atom stereocenters. The largest absolute Gasteiger partial charge is 0.394 e. The number of hydrogen-bond donors (Lipinski definition) is 3. The van der Waals surface area contributed by atoms with Gasteiger partial charge in [0.1, 0.15) is 0 Å². The first-order chi connectivity index (χ1) is 7.56. The summed E-state index contributed by atoms with van der Waals surface area (Å²) in [5.74, 6) is 0. The summed E-state index contributed by atoms with van der Waals surface area (Å²) < 4.78 is 0. The van der Waals surface area contributed by atoms with Crippen molar-refractivity contribution in [2.75, 3.05) is 13.2 Å². The molecule has 3 N–H and O–H groups in total. The van der Waals surface area contributed by atoms with Crippen LogP contribution in [0, 0.1) is 6.92 Å². The standard InChI is InChI=1S/C11H20N2O2S/c1-4-11(6-14,7-15)13-8(2)10-5-16-9(3)12-10/h5,8,13-15H,4,6-7H2,1-3H3. The zero-order chi connectivity index (χ0) is 12.2. The van der Waals surface area contributed by atoms with Crippen molar-refractivity contribution in [1.82, 2.24) is 10.3 Å². The number of aliphatic hydroxyl groups is 2. The molecule has 0 saturated carbocycles. The fourth-order valence-corrected chi connectivity index (χ4v) is 2.29. The molecule has 1 aromatic heterocycles. The Morgan fingerprint density at radius 2 is 2.12 bits per heavy atom. The van der Waals surface area contributed by atoms with Crippen LogP contribution in [0.3, 0.4) is 0 Å². The summed E-state index contributed by atoms with van der Waals surface area (Å²) in [5, 5.41) is 25.0. The Bertz CT molecular complexity index is 315. The highest BCUT2D eigenvalue weighted by Crippen LogP contribution is 2.20. The minimum atomic E-state index is -0.614. The lowest BCUT2D eigenvalue weighted by molar-refractivity contribution is 0.0789. The van der Waals surface area contributed by atoms with Crippen LogP contribution in [-0.2, 0) is 0 Å². The maximum Gasteiger partial charge on any atom is 0.0898 e. The highest BCUT2D eigenvalue weighted by molar-refractivity contribution is 7.09. The van der Waals surface area contributed by atoms with Gasteiger partial charge in [-0.15, -0.1) is 11.3 Å². The second-order valence-corrected chi connectivity index (χ2v) is 5.17. The molecule has 1 atom stereocenters. The average Bonchev–Trinajstić information content (AvgIpc) is 2.73. The van der Waals surface area contributed by atoms with Gasteiger partial charge in [-0.1, -0.05) is 6.92 Å². The molecule has 0 aliphatic carbocycles. The van der Waals surface area contributed by atoms with E-state index in [1.165, 1.54) is 0 Å². The van der Waals surface area contributed by atoms with E-state index >= 15 is 0 Å². The highest BCUT2D eigenvalue weighted by atomic mass is 32.1. The lowest BCUT2D eigenvalue weighted by atomic mass is 9.97. The third kappa shape index (κ3) is 3.01. The summed E-state index contributed by atoms with van der Waals surface area (Å²) in [7, 11) is 0. The van der Waals surface area contributed by atoms with Crippen molar-refractivity contribution in [3.05, 3.63) is 16.1 Å². The third-order valence-corrected chi connectivity index (χ3v) is 3.68. The van der Waals surface area contributed by atoms with Gasteiger partial charge in [-0.2, -0.15) is 0 Å². The van der Waals surface area contributed by atoms with Gasteiger partial charge in [0.05, 0.1) is 29.5 Å². The van der Waals surface area contributed by atoms with E-state index in [2.05, 4.69) is 10.3 Å². The van der Waals surface area contributed by atoms with Crippen LogP contribution in [0.5, 0.6) is 0 Å². The summed E-state index contributed by atoms with van der Waals surface area (Å²) in [4.78, 5) is 4.39. The van der Waals surface area contributed by atoms with E-state index in [4.69, 9.17) is 0 Å². The van der Waals surface area contributed by atoms with Gasteiger partial charge in [0, 0.05) is 11.4 Å². The Kier molecular flexibility index (Phi) is 4.86. The lowest BCUT2D eigenvalue weighted by Gasteiger charge is -2.32. The smallest absolute Gasteiger partial charge is 0.0898 e. The van der Waals surface area contributed by atoms with Crippen molar-refractivity contribution in [3.63, 3.8) is 0 Å². The molecule has 16 heavy (non-hydrogen) atoms. The van der Waals surface area contributed by atoms with Crippen molar-refractivity contribution < 1.29 is 10.2 Å². The minimum Gasteiger partial charge on any atom is -0.394 e. The molecule has 0 aliphatic rings. The number of thiazole rings is 1. The molecule has 0 amide bonds. The van der Waals surface area contributed by atoms with Crippen LogP contribution in [0.1, 0.15) is 37.0 Å². The molecular formula is C11H20N2O2S. The Balaban J connectivity index is 2.72. The molecular weight excluding hydrogens is 224 g/mol. The number of hydrogen-bond acceptors (Lipinski definition) is 5. The molecule has 0 radical (unpaired) electrons. The number of rotatable bonds is 6. The molecule has 0 bridgehead atoms. The Hall–Kier alpha value is -0.490. The predicted octanol–water partition coefficient (Wildman–Crippen LogP) is 1.24. The number of nitrogens with zero attached hydrogens (tertiary/aromatic N) is 1. The summed E-state index contributed by atoms with van der Waals surface area (Å²) >= 11 is 1.61. The summed E-state index contributed by atoms with van der Waals surface area (Å²) in [6.45, 7) is 5.75. The molecule has 92 valence electrons. The first kappa shape index (κ1) is 13.6. The van der Waals surface area contributed by atoms with Gasteiger partial charge in [0.25, 0.3) is 0 Å². The number of aromatic nitrogens is 1. The van der Waals surface area contributed by atoms with Crippen LogP contribution < -0.4 is 5.32 Å².